The Morgan fingerprint density at radius 3 is 3.06 bits per heavy atom. The summed E-state index contributed by atoms with van der Waals surface area (Å²) in [5.41, 5.74) is 1.08. The molecule has 0 saturated heterocycles. The SMILES string of the molecule is CCO[PH](=O)CCn1ncc2ccccc21. The first kappa shape index (κ1) is 11.4. The first-order valence-electron chi connectivity index (χ1n) is 5.37. The van der Waals surface area contributed by atoms with Crippen LogP contribution in [0.5, 0.6) is 0 Å². The van der Waals surface area contributed by atoms with E-state index in [0.717, 1.165) is 10.9 Å². The molecule has 0 saturated carbocycles. The molecule has 0 bridgehead atoms. The zero-order valence-corrected chi connectivity index (χ0v) is 10.2. The minimum atomic E-state index is -1.89. The zero-order chi connectivity index (χ0) is 11.4. The highest BCUT2D eigenvalue weighted by atomic mass is 31.1. The van der Waals surface area contributed by atoms with E-state index in [-0.39, 0.29) is 0 Å². The van der Waals surface area contributed by atoms with Crippen molar-refractivity contribution in [1.82, 2.24) is 9.78 Å². The first-order chi connectivity index (χ1) is 7.81. The average Bonchev–Trinajstić information content (AvgIpc) is 2.70. The van der Waals surface area contributed by atoms with Crippen LogP contribution in [0, 0.1) is 0 Å². The van der Waals surface area contributed by atoms with Crippen molar-refractivity contribution in [2.45, 2.75) is 13.5 Å². The maximum Gasteiger partial charge on any atom is 0.193 e. The third-order valence-electron chi connectivity index (χ3n) is 2.38. The average molecular weight is 238 g/mol. The largest absolute Gasteiger partial charge is 0.331 e. The monoisotopic (exact) mass is 238 g/mol. The summed E-state index contributed by atoms with van der Waals surface area (Å²) in [5.74, 6) is 0. The smallest absolute Gasteiger partial charge is 0.193 e. The highest BCUT2D eigenvalue weighted by molar-refractivity contribution is 7.39. The third-order valence-corrected chi connectivity index (χ3v) is 3.63. The molecule has 2 rings (SSSR count). The number of para-hydroxylation sites is 1. The Bertz CT molecular complexity index is 495. The fraction of sp³-hybridized carbons (Fsp3) is 0.364. The van der Waals surface area contributed by atoms with Crippen molar-refractivity contribution in [3.05, 3.63) is 30.5 Å². The lowest BCUT2D eigenvalue weighted by molar-refractivity contribution is 0.348. The van der Waals surface area contributed by atoms with Gasteiger partial charge in [-0.1, -0.05) is 18.2 Å². The molecule has 1 heterocycles. The Morgan fingerprint density at radius 2 is 2.25 bits per heavy atom. The molecule has 0 amide bonds. The molecule has 4 nitrogen and oxygen atoms in total. The van der Waals surface area contributed by atoms with Gasteiger partial charge >= 0.3 is 0 Å². The van der Waals surface area contributed by atoms with Crippen molar-refractivity contribution in [3.63, 3.8) is 0 Å². The molecule has 0 aliphatic heterocycles. The van der Waals surface area contributed by atoms with Crippen molar-refractivity contribution in [3.8, 4) is 0 Å². The highest BCUT2D eigenvalue weighted by Crippen LogP contribution is 2.22. The van der Waals surface area contributed by atoms with E-state index in [1.54, 1.807) is 0 Å². The van der Waals surface area contributed by atoms with Crippen LogP contribution in [0.15, 0.2) is 30.5 Å². The Kier molecular flexibility index (Phi) is 3.75. The number of aromatic nitrogens is 2. The molecule has 0 spiro atoms. The molecule has 2 aromatic rings. The lowest BCUT2D eigenvalue weighted by atomic mass is 10.3. The number of fused-ring (bicyclic) bond motifs is 1. The Labute approximate surface area is 95.1 Å². The van der Waals surface area contributed by atoms with E-state index in [2.05, 4.69) is 5.10 Å². The predicted octanol–water partition coefficient (Wildman–Crippen LogP) is 2.55. The van der Waals surface area contributed by atoms with Crippen molar-refractivity contribution < 1.29 is 9.09 Å². The highest BCUT2D eigenvalue weighted by Gasteiger charge is 2.03. The molecule has 5 heteroatoms. The fourth-order valence-electron chi connectivity index (χ4n) is 1.63. The molecule has 1 unspecified atom stereocenters. The van der Waals surface area contributed by atoms with Gasteiger partial charge in [-0.2, -0.15) is 5.10 Å². The Hall–Kier alpha value is -1.12. The van der Waals surface area contributed by atoms with E-state index in [1.165, 1.54) is 0 Å². The van der Waals surface area contributed by atoms with Gasteiger partial charge in [0.1, 0.15) is 0 Å². The molecule has 0 aliphatic carbocycles. The summed E-state index contributed by atoms with van der Waals surface area (Å²) in [5, 5.41) is 5.38. The van der Waals surface area contributed by atoms with E-state index in [4.69, 9.17) is 4.52 Å². The van der Waals surface area contributed by atoms with E-state index in [1.807, 2.05) is 42.1 Å². The van der Waals surface area contributed by atoms with Gasteiger partial charge in [-0.05, 0) is 13.0 Å². The Balaban J connectivity index is 2.07. The van der Waals surface area contributed by atoms with Crippen molar-refractivity contribution in [2.75, 3.05) is 12.8 Å². The van der Waals surface area contributed by atoms with Gasteiger partial charge in [-0.3, -0.25) is 9.25 Å². The maximum atomic E-state index is 11.4. The van der Waals surface area contributed by atoms with Crippen LogP contribution in [0.1, 0.15) is 6.92 Å². The summed E-state index contributed by atoms with van der Waals surface area (Å²) in [4.78, 5) is 0. The normalized spacial score (nSPS) is 13.1. The number of nitrogens with zero attached hydrogens (tertiary/aromatic N) is 2. The van der Waals surface area contributed by atoms with Crippen molar-refractivity contribution in [2.24, 2.45) is 0 Å². The lowest BCUT2D eigenvalue weighted by Gasteiger charge is -2.03. The van der Waals surface area contributed by atoms with Gasteiger partial charge < -0.3 is 4.52 Å². The molecule has 1 aromatic heterocycles. The third kappa shape index (κ3) is 2.52. The van der Waals surface area contributed by atoms with E-state index in [9.17, 15) is 4.57 Å². The number of aryl methyl sites for hydroxylation is 1. The van der Waals surface area contributed by atoms with Crippen LogP contribution in [0.3, 0.4) is 0 Å². The molecule has 0 N–H and O–H groups in total. The van der Waals surface area contributed by atoms with Crippen LogP contribution in [0.25, 0.3) is 10.9 Å². The number of hydrogen-bond acceptors (Lipinski definition) is 3. The van der Waals surface area contributed by atoms with Gasteiger partial charge in [0.05, 0.1) is 24.9 Å². The summed E-state index contributed by atoms with van der Waals surface area (Å²) in [7, 11) is -1.89. The van der Waals surface area contributed by atoms with Gasteiger partial charge in [0.25, 0.3) is 0 Å². The summed E-state index contributed by atoms with van der Waals surface area (Å²) in [6.07, 6.45) is 2.37. The lowest BCUT2D eigenvalue weighted by Crippen LogP contribution is -2.02. The van der Waals surface area contributed by atoms with Gasteiger partial charge in [0.15, 0.2) is 8.03 Å². The second-order valence-corrected chi connectivity index (χ2v) is 5.01. The summed E-state index contributed by atoms with van der Waals surface area (Å²) in [6, 6.07) is 7.99. The minimum absolute atomic E-state index is 0.512. The minimum Gasteiger partial charge on any atom is -0.331 e. The van der Waals surface area contributed by atoms with Crippen molar-refractivity contribution in [1.29, 1.82) is 0 Å². The summed E-state index contributed by atoms with van der Waals surface area (Å²) >= 11 is 0. The van der Waals surface area contributed by atoms with E-state index in [0.29, 0.717) is 19.3 Å². The Morgan fingerprint density at radius 1 is 1.44 bits per heavy atom. The molecule has 0 fully saturated rings. The van der Waals surface area contributed by atoms with Crippen LogP contribution < -0.4 is 0 Å². The second kappa shape index (κ2) is 5.28. The van der Waals surface area contributed by atoms with Gasteiger partial charge in [-0.15, -0.1) is 0 Å². The molecule has 16 heavy (non-hydrogen) atoms. The number of rotatable bonds is 5. The van der Waals surface area contributed by atoms with Gasteiger partial charge in [0.2, 0.25) is 0 Å². The topological polar surface area (TPSA) is 44.1 Å². The maximum absolute atomic E-state index is 11.4. The van der Waals surface area contributed by atoms with Crippen LogP contribution in [-0.2, 0) is 15.6 Å². The molecule has 1 aromatic carbocycles. The molecular weight excluding hydrogens is 223 g/mol. The van der Waals surface area contributed by atoms with E-state index < -0.39 is 8.03 Å². The quantitative estimate of drug-likeness (QED) is 0.752. The van der Waals surface area contributed by atoms with Gasteiger partial charge in [-0.25, -0.2) is 0 Å². The standard InChI is InChI=1S/C11H15N2O2P/c1-2-15-16(14)8-7-13-11-6-4-3-5-10(11)9-12-13/h3-6,9,16H,2,7-8H2,1H3. The number of benzene rings is 1. The molecular formula is C11H15N2O2P. The molecule has 0 aliphatic rings. The number of hydrogen-bond donors (Lipinski definition) is 0. The summed E-state index contributed by atoms with van der Waals surface area (Å²) in [6.45, 7) is 3.01. The first-order valence-corrected chi connectivity index (χ1v) is 6.90. The second-order valence-electron chi connectivity index (χ2n) is 3.48. The van der Waals surface area contributed by atoms with Crippen LogP contribution >= 0.6 is 8.03 Å². The van der Waals surface area contributed by atoms with E-state index >= 15 is 0 Å². The zero-order valence-electron chi connectivity index (χ0n) is 9.22. The van der Waals surface area contributed by atoms with Gasteiger partial charge in [0, 0.05) is 11.5 Å². The predicted molar refractivity (Wildman–Crippen MR) is 65.2 cm³/mol. The fourth-order valence-corrected chi connectivity index (χ4v) is 2.50. The van der Waals surface area contributed by atoms with Crippen molar-refractivity contribution >= 4 is 18.9 Å². The molecule has 1 atom stereocenters. The molecule has 0 radical (unpaired) electrons. The van der Waals surface area contributed by atoms with Crippen LogP contribution in [0.4, 0.5) is 0 Å². The van der Waals surface area contributed by atoms with Crippen LogP contribution in [0.2, 0.25) is 0 Å². The summed E-state index contributed by atoms with van der Waals surface area (Å²) < 4.78 is 18.3. The van der Waals surface area contributed by atoms with Crippen LogP contribution in [-0.4, -0.2) is 22.5 Å². The molecule has 86 valence electrons.